The molecule has 174 valence electrons. The first-order chi connectivity index (χ1) is 16.2. The molecule has 4 aliphatic rings. The molecule has 2 aromatic carbocycles. The Balaban J connectivity index is 1.33. The van der Waals surface area contributed by atoms with E-state index in [2.05, 4.69) is 5.16 Å². The van der Waals surface area contributed by atoms with Gasteiger partial charge >= 0.3 is 6.18 Å². The molecule has 2 amide bonds. The number of carbonyl (C=O) groups excluding carboxylic acids is 2. The third-order valence-corrected chi connectivity index (χ3v) is 7.47. The number of hydrogen-bond donors (Lipinski definition) is 0. The average molecular weight is 471 g/mol. The van der Waals surface area contributed by atoms with Crippen LogP contribution in [-0.2, 0) is 20.6 Å². The molecule has 0 spiro atoms. The number of amides is 2. The standard InChI is InChI=1S/C23H16F3N3O5/c24-23(25,26)11-4-2-5-12(8-11)28-21(30)16-14-9-15(17(16)22(28)31)20-18(14)19(27-34-20)10-3-1-6-13(7-10)29(32)33/h1-8,14-18,20H,9H2/t14-,15-,16-,17-,18-,20+/m1/s1. The molecular weight excluding hydrogens is 455 g/mol. The molecule has 2 aromatic rings. The number of rotatable bonds is 3. The summed E-state index contributed by atoms with van der Waals surface area (Å²) in [6.45, 7) is 0. The molecule has 0 N–H and O–H groups in total. The molecule has 0 aromatic heterocycles. The Morgan fingerprint density at radius 3 is 2.41 bits per heavy atom. The maximum Gasteiger partial charge on any atom is 0.416 e. The Morgan fingerprint density at radius 2 is 1.71 bits per heavy atom. The molecule has 34 heavy (non-hydrogen) atoms. The highest BCUT2D eigenvalue weighted by Gasteiger charge is 2.70. The number of fused-ring (bicyclic) bond motifs is 8. The minimum Gasteiger partial charge on any atom is -0.391 e. The monoisotopic (exact) mass is 471 g/mol. The minimum absolute atomic E-state index is 0.0997. The van der Waals surface area contributed by atoms with Gasteiger partial charge < -0.3 is 4.84 Å². The van der Waals surface area contributed by atoms with E-state index in [9.17, 15) is 32.9 Å². The van der Waals surface area contributed by atoms with Crippen molar-refractivity contribution in [2.45, 2.75) is 18.7 Å². The van der Waals surface area contributed by atoms with Crippen LogP contribution in [0, 0.1) is 39.7 Å². The number of oxime groups is 1. The SMILES string of the molecule is O=C1[C@@H]2[C@H]3C[C@@H]([C@@H]4ON=C(c5cccc([N+](=O)[O-])c5)[C@@H]34)[C@H]2C(=O)N1c1cccc(C(F)(F)F)c1. The van der Waals surface area contributed by atoms with E-state index in [0.717, 1.165) is 17.0 Å². The van der Waals surface area contributed by atoms with Crippen molar-refractivity contribution >= 4 is 28.9 Å². The first kappa shape index (κ1) is 20.8. The number of hydrogen-bond acceptors (Lipinski definition) is 6. The molecule has 2 aliphatic heterocycles. The zero-order valence-electron chi connectivity index (χ0n) is 17.3. The molecule has 0 radical (unpaired) electrons. The van der Waals surface area contributed by atoms with Crippen molar-refractivity contribution in [3.8, 4) is 0 Å². The molecule has 11 heteroatoms. The summed E-state index contributed by atoms with van der Waals surface area (Å²) < 4.78 is 39.6. The first-order valence-electron chi connectivity index (χ1n) is 10.7. The van der Waals surface area contributed by atoms with Crippen LogP contribution in [0.4, 0.5) is 24.5 Å². The predicted molar refractivity (Wildman–Crippen MR) is 111 cm³/mol. The largest absolute Gasteiger partial charge is 0.416 e. The van der Waals surface area contributed by atoms with Gasteiger partial charge in [0, 0.05) is 29.5 Å². The van der Waals surface area contributed by atoms with Gasteiger partial charge in [-0.1, -0.05) is 23.4 Å². The van der Waals surface area contributed by atoms with Gasteiger partial charge in [-0.05, 0) is 30.5 Å². The number of halogens is 3. The lowest BCUT2D eigenvalue weighted by molar-refractivity contribution is -0.384. The van der Waals surface area contributed by atoms with E-state index in [-0.39, 0.29) is 29.1 Å². The maximum absolute atomic E-state index is 13.4. The highest BCUT2D eigenvalue weighted by atomic mass is 19.4. The summed E-state index contributed by atoms with van der Waals surface area (Å²) in [5.41, 5.74) is -0.134. The Morgan fingerprint density at radius 1 is 1.00 bits per heavy atom. The van der Waals surface area contributed by atoms with Crippen molar-refractivity contribution in [1.29, 1.82) is 0 Å². The fraction of sp³-hybridized carbons (Fsp3) is 0.348. The van der Waals surface area contributed by atoms with Crippen LogP contribution in [0.1, 0.15) is 17.5 Å². The highest BCUT2D eigenvalue weighted by molar-refractivity contribution is 6.23. The van der Waals surface area contributed by atoms with Crippen molar-refractivity contribution in [2.24, 2.45) is 34.7 Å². The van der Waals surface area contributed by atoms with Crippen LogP contribution in [0.2, 0.25) is 0 Å². The second kappa shape index (κ2) is 6.87. The Labute approximate surface area is 190 Å². The summed E-state index contributed by atoms with van der Waals surface area (Å²) in [6, 6.07) is 10.2. The summed E-state index contributed by atoms with van der Waals surface area (Å²) in [7, 11) is 0. The Bertz CT molecular complexity index is 1290. The molecule has 2 saturated carbocycles. The summed E-state index contributed by atoms with van der Waals surface area (Å²) in [4.78, 5) is 43.8. The first-order valence-corrected chi connectivity index (χ1v) is 10.7. The van der Waals surface area contributed by atoms with Crippen LogP contribution >= 0.6 is 0 Å². The van der Waals surface area contributed by atoms with Gasteiger partial charge in [0.15, 0.2) is 0 Å². The van der Waals surface area contributed by atoms with E-state index in [1.165, 1.54) is 24.3 Å². The summed E-state index contributed by atoms with van der Waals surface area (Å²) in [5, 5.41) is 15.3. The topological polar surface area (TPSA) is 102 Å². The number of carbonyl (C=O) groups is 2. The lowest BCUT2D eigenvalue weighted by Crippen LogP contribution is -2.41. The van der Waals surface area contributed by atoms with Gasteiger partial charge in [-0.3, -0.25) is 24.6 Å². The molecule has 3 fully saturated rings. The summed E-state index contributed by atoms with van der Waals surface area (Å²) in [5.74, 6) is -3.36. The van der Waals surface area contributed by atoms with Crippen LogP contribution in [0.5, 0.6) is 0 Å². The fourth-order valence-corrected chi connectivity index (χ4v) is 6.22. The number of nitrogens with zero attached hydrogens (tertiary/aromatic N) is 3. The van der Waals surface area contributed by atoms with Gasteiger partial charge in [-0.2, -0.15) is 13.2 Å². The van der Waals surface area contributed by atoms with E-state index in [1.807, 2.05) is 0 Å². The van der Waals surface area contributed by atoms with Crippen LogP contribution in [0.3, 0.4) is 0 Å². The van der Waals surface area contributed by atoms with Crippen molar-refractivity contribution in [3.05, 3.63) is 69.8 Å². The number of nitro benzene ring substituents is 1. The molecule has 0 unspecified atom stereocenters. The van der Waals surface area contributed by atoms with Crippen molar-refractivity contribution in [3.63, 3.8) is 0 Å². The van der Waals surface area contributed by atoms with Crippen molar-refractivity contribution in [2.75, 3.05) is 4.90 Å². The lowest BCUT2D eigenvalue weighted by Gasteiger charge is -2.29. The normalized spacial score (nSPS) is 31.4. The number of non-ortho nitro benzene ring substituents is 1. The van der Waals surface area contributed by atoms with Gasteiger partial charge in [0.05, 0.1) is 33.7 Å². The molecule has 6 atom stereocenters. The second-order valence-corrected chi connectivity index (χ2v) is 9.05. The van der Waals surface area contributed by atoms with E-state index in [0.29, 0.717) is 17.7 Å². The number of anilines is 1. The van der Waals surface area contributed by atoms with Gasteiger partial charge in [0.1, 0.15) is 6.10 Å². The number of nitro groups is 1. The zero-order valence-corrected chi connectivity index (χ0v) is 17.3. The van der Waals surface area contributed by atoms with E-state index >= 15 is 0 Å². The lowest BCUT2D eigenvalue weighted by atomic mass is 9.71. The molecule has 8 nitrogen and oxygen atoms in total. The molecule has 2 bridgehead atoms. The highest BCUT2D eigenvalue weighted by Crippen LogP contribution is 2.62. The van der Waals surface area contributed by atoms with Gasteiger partial charge in [-0.25, -0.2) is 0 Å². The second-order valence-electron chi connectivity index (χ2n) is 9.05. The Hall–Kier alpha value is -3.76. The summed E-state index contributed by atoms with van der Waals surface area (Å²) >= 11 is 0. The van der Waals surface area contributed by atoms with E-state index in [1.54, 1.807) is 12.1 Å². The zero-order chi connectivity index (χ0) is 23.9. The third kappa shape index (κ3) is 2.75. The van der Waals surface area contributed by atoms with Crippen LogP contribution < -0.4 is 4.90 Å². The predicted octanol–water partition coefficient (Wildman–Crippen LogP) is 3.79. The van der Waals surface area contributed by atoms with Crippen molar-refractivity contribution < 1.29 is 32.5 Å². The minimum atomic E-state index is -4.61. The fourth-order valence-electron chi connectivity index (χ4n) is 6.22. The van der Waals surface area contributed by atoms with Gasteiger partial charge in [0.2, 0.25) is 11.8 Å². The molecule has 2 heterocycles. The molecule has 1 saturated heterocycles. The van der Waals surface area contributed by atoms with Crippen molar-refractivity contribution in [1.82, 2.24) is 0 Å². The third-order valence-electron chi connectivity index (χ3n) is 7.47. The molecular formula is C23H16F3N3O5. The average Bonchev–Trinajstić information content (AvgIpc) is 3.53. The van der Waals surface area contributed by atoms with Gasteiger partial charge in [0.25, 0.3) is 5.69 Å². The van der Waals surface area contributed by atoms with E-state index in [4.69, 9.17) is 4.84 Å². The van der Waals surface area contributed by atoms with Gasteiger partial charge in [-0.15, -0.1) is 0 Å². The number of benzene rings is 2. The Kier molecular flexibility index (Phi) is 4.21. The van der Waals surface area contributed by atoms with Crippen LogP contribution in [0.25, 0.3) is 0 Å². The summed E-state index contributed by atoms with van der Waals surface area (Å²) in [6.07, 6.45) is -4.52. The smallest absolute Gasteiger partial charge is 0.391 e. The quantitative estimate of drug-likeness (QED) is 0.385. The van der Waals surface area contributed by atoms with Crippen LogP contribution in [0.15, 0.2) is 53.7 Å². The van der Waals surface area contributed by atoms with Crippen LogP contribution in [-0.4, -0.2) is 28.6 Å². The maximum atomic E-state index is 13.4. The number of imide groups is 1. The number of alkyl halides is 3. The molecule has 2 aliphatic carbocycles. The van der Waals surface area contributed by atoms with E-state index < -0.39 is 46.4 Å². The molecule has 6 rings (SSSR count).